The highest BCUT2D eigenvalue weighted by atomic mass is 16.3. The first kappa shape index (κ1) is 8.78. The number of aromatic nitrogens is 1. The van der Waals surface area contributed by atoms with Crippen LogP contribution in [0, 0.1) is 6.92 Å². The number of nitrogens with zero attached hydrogens (tertiary/aromatic N) is 1. The average Bonchev–Trinajstić information content (AvgIpc) is 2.53. The first-order chi connectivity index (χ1) is 5.88. The second-order valence-corrected chi connectivity index (χ2v) is 2.23. The van der Waals surface area contributed by atoms with Gasteiger partial charge in [0.15, 0.2) is 0 Å². The minimum Gasteiger partial charge on any atom is -0.467 e. The molecule has 0 saturated heterocycles. The zero-order valence-corrected chi connectivity index (χ0v) is 7.66. The molecule has 2 aromatic heterocycles. The Balaban J connectivity index is 0.000000336. The minimum atomic E-state index is 0.885. The lowest BCUT2D eigenvalue weighted by Gasteiger charge is -1.84. The summed E-state index contributed by atoms with van der Waals surface area (Å²) in [5.41, 5.74) is 0.961. The summed E-state index contributed by atoms with van der Waals surface area (Å²) in [6.45, 7) is 5.91. The third kappa shape index (κ3) is 1.47. The molecule has 0 atom stereocenters. The standard InChI is InChI=1S/C8H7NO.C2H6/c1-6-8-7(5-10-6)3-2-4-9-8;1-2/h2-5H,1H3;1-2H3. The van der Waals surface area contributed by atoms with Crippen LogP contribution in [0.15, 0.2) is 29.0 Å². The van der Waals surface area contributed by atoms with Gasteiger partial charge < -0.3 is 4.42 Å². The van der Waals surface area contributed by atoms with Gasteiger partial charge in [-0.3, -0.25) is 4.98 Å². The van der Waals surface area contributed by atoms with Crippen LogP contribution in [0.25, 0.3) is 10.9 Å². The van der Waals surface area contributed by atoms with Crippen molar-refractivity contribution in [1.29, 1.82) is 0 Å². The van der Waals surface area contributed by atoms with Gasteiger partial charge >= 0.3 is 0 Å². The van der Waals surface area contributed by atoms with Crippen molar-refractivity contribution in [2.45, 2.75) is 20.8 Å². The molecule has 2 rings (SSSR count). The highest BCUT2D eigenvalue weighted by molar-refractivity contribution is 5.79. The van der Waals surface area contributed by atoms with E-state index >= 15 is 0 Å². The van der Waals surface area contributed by atoms with E-state index in [2.05, 4.69) is 4.98 Å². The maximum Gasteiger partial charge on any atom is 0.126 e. The molecular weight excluding hydrogens is 150 g/mol. The van der Waals surface area contributed by atoms with Crippen molar-refractivity contribution < 1.29 is 4.42 Å². The Morgan fingerprint density at radius 1 is 1.33 bits per heavy atom. The van der Waals surface area contributed by atoms with Gasteiger partial charge in [-0.2, -0.15) is 0 Å². The zero-order valence-electron chi connectivity index (χ0n) is 7.66. The fraction of sp³-hybridized carbons (Fsp3) is 0.300. The summed E-state index contributed by atoms with van der Waals surface area (Å²) >= 11 is 0. The molecular formula is C10H13NO. The highest BCUT2D eigenvalue weighted by Gasteiger charge is 1.98. The maximum absolute atomic E-state index is 5.15. The number of hydrogen-bond donors (Lipinski definition) is 0. The van der Waals surface area contributed by atoms with E-state index in [1.807, 2.05) is 32.9 Å². The van der Waals surface area contributed by atoms with Crippen LogP contribution in [0.5, 0.6) is 0 Å². The van der Waals surface area contributed by atoms with Crippen molar-refractivity contribution >= 4 is 10.9 Å². The molecule has 2 heterocycles. The molecule has 2 nitrogen and oxygen atoms in total. The minimum absolute atomic E-state index is 0.885. The fourth-order valence-corrected chi connectivity index (χ4v) is 1.01. The fourth-order valence-electron chi connectivity index (χ4n) is 1.01. The number of rotatable bonds is 0. The van der Waals surface area contributed by atoms with Crippen LogP contribution in [0.4, 0.5) is 0 Å². The molecule has 0 radical (unpaired) electrons. The maximum atomic E-state index is 5.15. The summed E-state index contributed by atoms with van der Waals surface area (Å²) in [4.78, 5) is 4.15. The summed E-state index contributed by atoms with van der Waals surface area (Å²) < 4.78 is 5.15. The molecule has 0 aliphatic heterocycles. The molecule has 2 heteroatoms. The van der Waals surface area contributed by atoms with E-state index in [0.717, 1.165) is 16.7 Å². The molecule has 12 heavy (non-hydrogen) atoms. The molecule has 2 aromatic rings. The second-order valence-electron chi connectivity index (χ2n) is 2.23. The predicted molar refractivity (Wildman–Crippen MR) is 50.1 cm³/mol. The lowest BCUT2D eigenvalue weighted by Crippen LogP contribution is -1.71. The van der Waals surface area contributed by atoms with Crippen molar-refractivity contribution in [2.24, 2.45) is 0 Å². The van der Waals surface area contributed by atoms with Gasteiger partial charge in [0.05, 0.1) is 0 Å². The first-order valence-electron chi connectivity index (χ1n) is 4.17. The van der Waals surface area contributed by atoms with Crippen LogP contribution in [0.1, 0.15) is 19.6 Å². The van der Waals surface area contributed by atoms with Crippen LogP contribution in [-0.2, 0) is 0 Å². The van der Waals surface area contributed by atoms with Gasteiger partial charge in [-0.25, -0.2) is 0 Å². The monoisotopic (exact) mass is 163 g/mol. The van der Waals surface area contributed by atoms with E-state index in [4.69, 9.17) is 4.42 Å². The van der Waals surface area contributed by atoms with Crippen molar-refractivity contribution in [3.05, 3.63) is 30.4 Å². The Morgan fingerprint density at radius 2 is 2.08 bits per heavy atom. The van der Waals surface area contributed by atoms with Crippen molar-refractivity contribution in [2.75, 3.05) is 0 Å². The third-order valence-electron chi connectivity index (χ3n) is 1.54. The van der Waals surface area contributed by atoms with Crippen molar-refractivity contribution in [1.82, 2.24) is 4.98 Å². The van der Waals surface area contributed by atoms with Gasteiger partial charge in [-0.05, 0) is 19.1 Å². The lowest BCUT2D eigenvalue weighted by molar-refractivity contribution is 0.539. The van der Waals surface area contributed by atoms with Crippen molar-refractivity contribution in [3.63, 3.8) is 0 Å². The Morgan fingerprint density at radius 3 is 2.75 bits per heavy atom. The van der Waals surface area contributed by atoms with E-state index < -0.39 is 0 Å². The summed E-state index contributed by atoms with van der Waals surface area (Å²) in [6, 6.07) is 3.89. The summed E-state index contributed by atoms with van der Waals surface area (Å²) in [5, 5.41) is 1.07. The average molecular weight is 163 g/mol. The Labute approximate surface area is 72.2 Å². The molecule has 0 amide bonds. The van der Waals surface area contributed by atoms with Crippen LogP contribution >= 0.6 is 0 Å². The van der Waals surface area contributed by atoms with Crippen LogP contribution < -0.4 is 0 Å². The van der Waals surface area contributed by atoms with Gasteiger partial charge in [-0.1, -0.05) is 13.8 Å². The normalized spacial score (nSPS) is 9.25. The van der Waals surface area contributed by atoms with Crippen LogP contribution in [-0.4, -0.2) is 4.98 Å². The van der Waals surface area contributed by atoms with E-state index in [-0.39, 0.29) is 0 Å². The second kappa shape index (κ2) is 3.90. The number of hydrogen-bond acceptors (Lipinski definition) is 2. The molecule has 0 N–H and O–H groups in total. The van der Waals surface area contributed by atoms with E-state index in [1.165, 1.54) is 0 Å². The highest BCUT2D eigenvalue weighted by Crippen LogP contribution is 2.15. The molecule has 0 aromatic carbocycles. The van der Waals surface area contributed by atoms with Gasteiger partial charge in [0.2, 0.25) is 0 Å². The predicted octanol–water partition coefficient (Wildman–Crippen LogP) is 3.16. The Hall–Kier alpha value is -1.31. The Kier molecular flexibility index (Phi) is 2.86. The summed E-state index contributed by atoms with van der Waals surface area (Å²) in [5.74, 6) is 0.885. The number of furan rings is 1. The zero-order chi connectivity index (χ0) is 8.97. The van der Waals surface area contributed by atoms with Crippen LogP contribution in [0.2, 0.25) is 0 Å². The van der Waals surface area contributed by atoms with E-state index in [1.54, 1.807) is 12.5 Å². The molecule has 0 spiro atoms. The lowest BCUT2D eigenvalue weighted by atomic mass is 10.3. The van der Waals surface area contributed by atoms with Crippen LogP contribution in [0.3, 0.4) is 0 Å². The van der Waals surface area contributed by atoms with E-state index in [9.17, 15) is 0 Å². The summed E-state index contributed by atoms with van der Waals surface area (Å²) in [7, 11) is 0. The third-order valence-corrected chi connectivity index (χ3v) is 1.54. The number of aryl methyl sites for hydroxylation is 1. The number of pyridine rings is 1. The molecule has 0 bridgehead atoms. The quantitative estimate of drug-likeness (QED) is 0.596. The Bertz CT molecular complexity index is 351. The van der Waals surface area contributed by atoms with Gasteiger partial charge in [0.25, 0.3) is 0 Å². The number of fused-ring (bicyclic) bond motifs is 1. The van der Waals surface area contributed by atoms with Crippen molar-refractivity contribution in [3.8, 4) is 0 Å². The van der Waals surface area contributed by atoms with E-state index in [0.29, 0.717) is 0 Å². The molecule has 0 aliphatic carbocycles. The van der Waals surface area contributed by atoms with Gasteiger partial charge in [-0.15, -0.1) is 0 Å². The SMILES string of the molecule is CC.Cc1occ2cccnc12. The first-order valence-corrected chi connectivity index (χ1v) is 4.17. The molecule has 0 saturated carbocycles. The summed E-state index contributed by atoms with van der Waals surface area (Å²) in [6.07, 6.45) is 3.49. The molecule has 0 aliphatic rings. The van der Waals surface area contributed by atoms with Gasteiger partial charge in [0, 0.05) is 11.6 Å². The largest absolute Gasteiger partial charge is 0.467 e. The smallest absolute Gasteiger partial charge is 0.126 e. The molecule has 0 unspecified atom stereocenters. The molecule has 64 valence electrons. The van der Waals surface area contributed by atoms with Gasteiger partial charge in [0.1, 0.15) is 17.5 Å². The molecule has 0 fully saturated rings. The topological polar surface area (TPSA) is 26.0 Å².